The average Bonchev–Trinajstić information content (AvgIpc) is 3.34. The third-order valence-electron chi connectivity index (χ3n) is 4.92. The van der Waals surface area contributed by atoms with Crippen LogP contribution in [-0.4, -0.2) is 38.9 Å². The molecule has 3 heterocycles. The predicted molar refractivity (Wildman–Crippen MR) is 114 cm³/mol. The van der Waals surface area contributed by atoms with E-state index in [-0.39, 0.29) is 30.4 Å². The summed E-state index contributed by atoms with van der Waals surface area (Å²) in [5.74, 6) is 0. The van der Waals surface area contributed by atoms with Crippen molar-refractivity contribution in [1.29, 1.82) is 0 Å². The van der Waals surface area contributed by atoms with Gasteiger partial charge in [0.1, 0.15) is 11.3 Å². The summed E-state index contributed by atoms with van der Waals surface area (Å²) >= 11 is 1.43. The van der Waals surface area contributed by atoms with Crippen LogP contribution in [0.15, 0.2) is 59.4 Å². The number of halogens is 1. The molecule has 1 aromatic carbocycles. The molecule has 156 valence electrons. The minimum absolute atomic E-state index is 0.0138. The molecule has 0 atom stereocenters. The highest BCUT2D eigenvalue weighted by molar-refractivity contribution is 7.16. The summed E-state index contributed by atoms with van der Waals surface area (Å²) in [6.07, 6.45) is 1.82. The Morgan fingerprint density at radius 1 is 1.27 bits per heavy atom. The fourth-order valence-electron chi connectivity index (χ4n) is 3.34. The second kappa shape index (κ2) is 8.25. The van der Waals surface area contributed by atoms with Gasteiger partial charge in [-0.2, -0.15) is 5.10 Å². The van der Waals surface area contributed by atoms with E-state index >= 15 is 0 Å². The zero-order valence-corrected chi connectivity index (χ0v) is 17.2. The number of urea groups is 1. The van der Waals surface area contributed by atoms with Gasteiger partial charge in [-0.25, -0.2) is 18.7 Å². The van der Waals surface area contributed by atoms with Crippen LogP contribution in [0.2, 0.25) is 0 Å². The predicted octanol–water partition coefficient (Wildman–Crippen LogP) is 2.67. The van der Waals surface area contributed by atoms with Crippen molar-refractivity contribution in [3.8, 4) is 0 Å². The Morgan fingerprint density at radius 2 is 2.07 bits per heavy atom. The van der Waals surface area contributed by atoms with E-state index < -0.39 is 0 Å². The molecule has 0 fully saturated rings. The summed E-state index contributed by atoms with van der Waals surface area (Å²) < 4.78 is 15.4. The molecule has 8 nitrogen and oxygen atoms in total. The number of para-hydroxylation sites is 1. The number of fused-ring (bicyclic) bond motifs is 1. The number of aromatic nitrogens is 3. The fraction of sp³-hybridized carbons (Fsp3) is 0.250. The van der Waals surface area contributed by atoms with Gasteiger partial charge in [-0.3, -0.25) is 9.47 Å². The molecule has 0 bridgehead atoms. The van der Waals surface area contributed by atoms with Crippen molar-refractivity contribution in [2.45, 2.75) is 19.6 Å². The average molecular weight is 428 g/mol. The zero-order valence-electron chi connectivity index (χ0n) is 16.4. The molecule has 1 aliphatic heterocycles. The zero-order chi connectivity index (χ0) is 21.3. The van der Waals surface area contributed by atoms with E-state index in [0.717, 1.165) is 21.1 Å². The number of nitrogens with zero attached hydrogens (tertiary/aromatic N) is 5. The first-order chi connectivity index (χ1) is 14.5. The van der Waals surface area contributed by atoms with Crippen molar-refractivity contribution >= 4 is 28.1 Å². The van der Waals surface area contributed by atoms with Crippen LogP contribution in [0.25, 0.3) is 0 Å². The lowest BCUT2D eigenvalue weighted by Gasteiger charge is -2.34. The Bertz CT molecular complexity index is 1160. The van der Waals surface area contributed by atoms with Crippen molar-refractivity contribution in [2.24, 2.45) is 5.73 Å². The second-order valence-electron chi connectivity index (χ2n) is 7.01. The number of benzene rings is 1. The van der Waals surface area contributed by atoms with Gasteiger partial charge >= 0.3 is 11.7 Å². The summed E-state index contributed by atoms with van der Waals surface area (Å²) in [5, 5.41) is 4.81. The molecule has 0 saturated carbocycles. The Kier molecular flexibility index (Phi) is 5.51. The number of hydrogen-bond donors (Lipinski definition) is 1. The summed E-state index contributed by atoms with van der Waals surface area (Å²) in [6, 6.07) is 11.5. The highest BCUT2D eigenvalue weighted by Gasteiger charge is 2.30. The normalized spacial score (nSPS) is 14.4. The van der Waals surface area contributed by atoms with Crippen molar-refractivity contribution in [2.75, 3.05) is 18.5 Å². The van der Waals surface area contributed by atoms with Crippen molar-refractivity contribution in [3.05, 3.63) is 75.6 Å². The smallest absolute Gasteiger partial charge is 0.327 e. The molecule has 30 heavy (non-hydrogen) atoms. The van der Waals surface area contributed by atoms with E-state index in [4.69, 9.17) is 5.73 Å². The van der Waals surface area contributed by atoms with E-state index in [1.54, 1.807) is 16.8 Å². The number of carbonyl (C=O) groups excluding carboxylic acids is 1. The molecule has 10 heteroatoms. The summed E-state index contributed by atoms with van der Waals surface area (Å²) in [6.45, 7) is 0.903. The maximum atomic E-state index is 12.8. The van der Waals surface area contributed by atoms with Gasteiger partial charge in [0.15, 0.2) is 0 Å². The van der Waals surface area contributed by atoms with Gasteiger partial charge in [-0.05, 0) is 29.3 Å². The van der Waals surface area contributed by atoms with Crippen molar-refractivity contribution < 1.29 is 9.18 Å². The summed E-state index contributed by atoms with van der Waals surface area (Å²) in [5.41, 5.74) is 7.32. The lowest BCUT2D eigenvalue weighted by Crippen LogP contribution is -2.42. The molecule has 0 unspecified atom stereocenters. The number of hydrogen-bond acceptors (Lipinski definition) is 5. The van der Waals surface area contributed by atoms with Crippen LogP contribution in [0.5, 0.6) is 0 Å². The third kappa shape index (κ3) is 3.66. The van der Waals surface area contributed by atoms with Gasteiger partial charge in [0, 0.05) is 25.0 Å². The molecule has 2 aromatic heterocycles. The lowest BCUT2D eigenvalue weighted by molar-refractivity contribution is 0.213. The number of nitrogens with two attached hydrogens (primary N) is 1. The highest BCUT2D eigenvalue weighted by Crippen LogP contribution is 2.38. The minimum Gasteiger partial charge on any atom is -0.327 e. The Hall–Kier alpha value is -3.24. The fourth-order valence-corrected chi connectivity index (χ4v) is 4.35. The number of rotatable bonds is 6. The molecule has 0 saturated heterocycles. The minimum atomic E-state index is -0.350. The third-order valence-corrected chi connectivity index (χ3v) is 5.97. The maximum absolute atomic E-state index is 12.8. The molecule has 0 aliphatic carbocycles. The van der Waals surface area contributed by atoms with Gasteiger partial charge in [-0.15, -0.1) is 11.3 Å². The number of anilines is 2. The van der Waals surface area contributed by atoms with Crippen LogP contribution in [0.3, 0.4) is 0 Å². The van der Waals surface area contributed by atoms with Gasteiger partial charge < -0.3 is 10.6 Å². The Morgan fingerprint density at radius 3 is 2.83 bits per heavy atom. The van der Waals surface area contributed by atoms with E-state index in [1.165, 1.54) is 26.9 Å². The first-order valence-electron chi connectivity index (χ1n) is 9.34. The van der Waals surface area contributed by atoms with E-state index in [9.17, 15) is 14.0 Å². The van der Waals surface area contributed by atoms with Crippen LogP contribution in [0.4, 0.5) is 19.9 Å². The van der Waals surface area contributed by atoms with Crippen LogP contribution in [0, 0.1) is 0 Å². The SMILES string of the molecule is CN1Cc2ccccc2N(c2ccc(Cn3cnn(C/C(=C/F)CN)c3=O)s2)C1=O. The number of thiophene rings is 1. The maximum Gasteiger partial charge on any atom is 0.346 e. The van der Waals surface area contributed by atoms with E-state index in [0.29, 0.717) is 19.4 Å². The summed E-state index contributed by atoms with van der Waals surface area (Å²) in [4.78, 5) is 29.6. The second-order valence-corrected chi connectivity index (χ2v) is 8.16. The van der Waals surface area contributed by atoms with Crippen LogP contribution < -0.4 is 16.3 Å². The Labute approximate surface area is 176 Å². The van der Waals surface area contributed by atoms with E-state index in [2.05, 4.69) is 5.10 Å². The lowest BCUT2D eigenvalue weighted by atomic mass is 10.1. The van der Waals surface area contributed by atoms with Gasteiger partial charge in [0.2, 0.25) is 0 Å². The monoisotopic (exact) mass is 428 g/mol. The molecule has 4 rings (SSSR count). The number of amides is 2. The van der Waals surface area contributed by atoms with E-state index in [1.807, 2.05) is 36.4 Å². The standard InChI is InChI=1S/C20H21FN6O2S/c1-24-11-15-4-2-3-5-17(15)27(19(24)28)18-7-6-16(30-18)12-25-13-23-26(20(25)29)10-14(8-21)9-22/h2-8,13H,9-12,22H2,1H3/b14-8+. The van der Waals surface area contributed by atoms with Crippen molar-refractivity contribution in [3.63, 3.8) is 0 Å². The first-order valence-corrected chi connectivity index (χ1v) is 10.2. The topological polar surface area (TPSA) is 89.4 Å². The van der Waals surface area contributed by atoms with Gasteiger partial charge in [0.25, 0.3) is 0 Å². The first kappa shape index (κ1) is 20.0. The molecule has 1 aliphatic rings. The Balaban J connectivity index is 1.58. The molecule has 2 amide bonds. The van der Waals surface area contributed by atoms with Crippen LogP contribution in [-0.2, 0) is 19.6 Å². The molecule has 3 aromatic rings. The highest BCUT2D eigenvalue weighted by atomic mass is 32.1. The molecular formula is C20H21FN6O2S. The van der Waals surface area contributed by atoms with Crippen LogP contribution in [0.1, 0.15) is 10.4 Å². The molecule has 0 radical (unpaired) electrons. The van der Waals surface area contributed by atoms with Gasteiger partial charge in [-0.1, -0.05) is 18.2 Å². The largest absolute Gasteiger partial charge is 0.346 e. The summed E-state index contributed by atoms with van der Waals surface area (Å²) in [7, 11) is 1.77. The quantitative estimate of drug-likeness (QED) is 0.654. The molecule has 2 N–H and O–H groups in total. The molecule has 0 spiro atoms. The van der Waals surface area contributed by atoms with Gasteiger partial charge in [0.05, 0.1) is 25.1 Å². The van der Waals surface area contributed by atoms with Crippen molar-refractivity contribution in [1.82, 2.24) is 19.2 Å². The molecular weight excluding hydrogens is 407 g/mol. The number of carbonyl (C=O) groups is 1. The van der Waals surface area contributed by atoms with Crippen LogP contribution >= 0.6 is 11.3 Å².